The van der Waals surface area contributed by atoms with Gasteiger partial charge < -0.3 is 9.47 Å². The third-order valence-electron chi connectivity index (χ3n) is 4.36. The van der Waals surface area contributed by atoms with Crippen molar-refractivity contribution in [2.24, 2.45) is 17.8 Å². The third-order valence-corrected chi connectivity index (χ3v) is 6.36. The highest BCUT2D eigenvalue weighted by molar-refractivity contribution is 9.12. The molecule has 4 atom stereocenters. The lowest BCUT2D eigenvalue weighted by molar-refractivity contribution is -0.177. The largest absolute Gasteiger partial charge is 0.345 e. The molecule has 0 unspecified atom stereocenters. The van der Waals surface area contributed by atoms with Crippen molar-refractivity contribution in [2.75, 3.05) is 13.2 Å². The van der Waals surface area contributed by atoms with Gasteiger partial charge in [0, 0.05) is 17.8 Å². The number of allylic oxidation sites excluding steroid dienone is 2. The summed E-state index contributed by atoms with van der Waals surface area (Å²) < 4.78 is 12.1. The minimum Gasteiger partial charge on any atom is -0.345 e. The van der Waals surface area contributed by atoms with Crippen LogP contribution < -0.4 is 0 Å². The zero-order chi connectivity index (χ0) is 11.8. The molecule has 0 radical (unpaired) electrons. The summed E-state index contributed by atoms with van der Waals surface area (Å²) >= 11 is 7.12. The maximum Gasteiger partial charge on any atom is 0.195 e. The molecular formula is C12H10Br2O3. The second kappa shape index (κ2) is 3.13. The number of alkyl halides is 1. The molecule has 1 heterocycles. The highest BCUT2D eigenvalue weighted by Gasteiger charge is 2.75. The van der Waals surface area contributed by atoms with E-state index in [0.29, 0.717) is 17.7 Å². The van der Waals surface area contributed by atoms with Crippen molar-refractivity contribution in [1.82, 2.24) is 0 Å². The van der Waals surface area contributed by atoms with Crippen molar-refractivity contribution in [2.45, 2.75) is 10.1 Å². The Morgan fingerprint density at radius 3 is 2.65 bits per heavy atom. The number of ketones is 1. The maximum atomic E-state index is 12.2. The van der Waals surface area contributed by atoms with Gasteiger partial charge in [-0.3, -0.25) is 4.79 Å². The lowest BCUT2D eigenvalue weighted by atomic mass is 9.85. The molecule has 2 bridgehead atoms. The highest BCUT2D eigenvalue weighted by atomic mass is 79.9. The van der Waals surface area contributed by atoms with Crippen LogP contribution in [0.4, 0.5) is 0 Å². The topological polar surface area (TPSA) is 35.5 Å². The van der Waals surface area contributed by atoms with Crippen LogP contribution in [0.2, 0.25) is 0 Å². The molecule has 4 rings (SSSR count). The van der Waals surface area contributed by atoms with E-state index in [1.54, 1.807) is 0 Å². The Kier molecular flexibility index (Phi) is 2.01. The molecule has 0 aromatic rings. The van der Waals surface area contributed by atoms with Gasteiger partial charge in [-0.25, -0.2) is 0 Å². The van der Waals surface area contributed by atoms with E-state index in [9.17, 15) is 4.79 Å². The van der Waals surface area contributed by atoms with Crippen LogP contribution >= 0.6 is 31.9 Å². The van der Waals surface area contributed by atoms with Gasteiger partial charge in [-0.05, 0) is 15.9 Å². The molecule has 0 N–H and O–H groups in total. The highest BCUT2D eigenvalue weighted by Crippen LogP contribution is 2.67. The van der Waals surface area contributed by atoms with Crippen LogP contribution in [-0.4, -0.2) is 29.1 Å². The number of hydrogen-bond donors (Lipinski definition) is 0. The van der Waals surface area contributed by atoms with Gasteiger partial charge >= 0.3 is 0 Å². The maximum absolute atomic E-state index is 12.2. The van der Waals surface area contributed by atoms with E-state index < -0.39 is 10.1 Å². The van der Waals surface area contributed by atoms with Gasteiger partial charge in [-0.2, -0.15) is 0 Å². The van der Waals surface area contributed by atoms with Crippen LogP contribution in [-0.2, 0) is 14.3 Å². The summed E-state index contributed by atoms with van der Waals surface area (Å²) in [5.41, 5.74) is 0. The Bertz CT molecular complexity index is 478. The Hall–Kier alpha value is 0.0300. The van der Waals surface area contributed by atoms with Gasteiger partial charge in [0.15, 0.2) is 11.6 Å². The van der Waals surface area contributed by atoms with Gasteiger partial charge in [0.1, 0.15) is 4.32 Å². The van der Waals surface area contributed by atoms with Crippen LogP contribution in [0.15, 0.2) is 22.7 Å². The monoisotopic (exact) mass is 360 g/mol. The van der Waals surface area contributed by atoms with Crippen LogP contribution in [0.25, 0.3) is 0 Å². The van der Waals surface area contributed by atoms with E-state index in [2.05, 4.69) is 44.0 Å². The summed E-state index contributed by atoms with van der Waals surface area (Å²) in [5, 5.41) is 0. The molecule has 4 aliphatic rings. The van der Waals surface area contributed by atoms with Gasteiger partial charge in [-0.15, -0.1) is 0 Å². The van der Waals surface area contributed by atoms with Crippen molar-refractivity contribution in [1.29, 1.82) is 0 Å². The number of carbonyl (C=O) groups is 1. The van der Waals surface area contributed by atoms with Crippen molar-refractivity contribution < 1.29 is 14.3 Å². The number of hydrogen-bond acceptors (Lipinski definition) is 3. The van der Waals surface area contributed by atoms with Gasteiger partial charge in [0.2, 0.25) is 0 Å². The van der Waals surface area contributed by atoms with Gasteiger partial charge in [-0.1, -0.05) is 34.2 Å². The first-order chi connectivity index (χ1) is 8.10. The molecule has 2 fully saturated rings. The smallest absolute Gasteiger partial charge is 0.195 e. The van der Waals surface area contributed by atoms with E-state index in [1.165, 1.54) is 0 Å². The predicted octanol–water partition coefficient (Wildman–Crippen LogP) is 2.16. The zero-order valence-corrected chi connectivity index (χ0v) is 12.0. The summed E-state index contributed by atoms with van der Waals surface area (Å²) in [4.78, 5) is 12.2. The average Bonchev–Trinajstić information content (AvgIpc) is 2.99. The number of fused-ring (bicyclic) bond motifs is 3. The molecule has 1 saturated carbocycles. The quantitative estimate of drug-likeness (QED) is 0.490. The Labute approximate surface area is 115 Å². The summed E-state index contributed by atoms with van der Waals surface area (Å²) in [5.74, 6) is -0.399. The molecule has 1 spiro atoms. The predicted molar refractivity (Wildman–Crippen MR) is 67.9 cm³/mol. The van der Waals surface area contributed by atoms with Crippen molar-refractivity contribution in [3.8, 4) is 0 Å². The van der Waals surface area contributed by atoms with Crippen LogP contribution in [0, 0.1) is 17.8 Å². The van der Waals surface area contributed by atoms with E-state index in [-0.39, 0.29) is 23.5 Å². The molecular weight excluding hydrogens is 352 g/mol. The van der Waals surface area contributed by atoms with Gasteiger partial charge in [0.25, 0.3) is 0 Å². The molecule has 1 saturated heterocycles. The zero-order valence-electron chi connectivity index (χ0n) is 8.86. The fraction of sp³-hybridized carbons (Fsp3) is 0.583. The second-order valence-electron chi connectivity index (χ2n) is 4.95. The molecule has 17 heavy (non-hydrogen) atoms. The molecule has 3 aliphatic carbocycles. The SMILES string of the molecule is O=C1C(Br)=C[C@H]2[C@H]1[C@@H]1C=C[C@]2(Br)C12OCCO2. The van der Waals surface area contributed by atoms with E-state index >= 15 is 0 Å². The molecule has 0 aromatic heterocycles. The van der Waals surface area contributed by atoms with E-state index in [0.717, 1.165) is 0 Å². The van der Waals surface area contributed by atoms with Crippen molar-refractivity contribution in [3.05, 3.63) is 22.7 Å². The lowest BCUT2D eigenvalue weighted by Crippen LogP contribution is -2.48. The summed E-state index contributed by atoms with van der Waals surface area (Å²) in [6, 6.07) is 0. The van der Waals surface area contributed by atoms with Crippen molar-refractivity contribution >= 4 is 37.6 Å². The average molecular weight is 362 g/mol. The van der Waals surface area contributed by atoms with E-state index in [1.807, 2.05) is 6.08 Å². The van der Waals surface area contributed by atoms with E-state index in [4.69, 9.17) is 9.47 Å². The lowest BCUT2D eigenvalue weighted by Gasteiger charge is -2.35. The summed E-state index contributed by atoms with van der Waals surface area (Å²) in [7, 11) is 0. The molecule has 3 nitrogen and oxygen atoms in total. The molecule has 0 aromatic carbocycles. The first kappa shape index (κ1) is 10.9. The molecule has 1 aliphatic heterocycles. The van der Waals surface area contributed by atoms with Gasteiger partial charge in [0.05, 0.1) is 17.7 Å². The van der Waals surface area contributed by atoms with Crippen LogP contribution in [0.3, 0.4) is 0 Å². The Balaban J connectivity index is 1.89. The van der Waals surface area contributed by atoms with Crippen LogP contribution in [0.1, 0.15) is 0 Å². The normalized spacial score (nSPS) is 49.2. The first-order valence-corrected chi connectivity index (χ1v) is 7.26. The Morgan fingerprint density at radius 1 is 1.29 bits per heavy atom. The van der Waals surface area contributed by atoms with Crippen molar-refractivity contribution in [3.63, 3.8) is 0 Å². The Morgan fingerprint density at radius 2 is 2.00 bits per heavy atom. The minimum atomic E-state index is -0.664. The number of Topliss-reactive ketones (excluding diaryl/α,β-unsaturated/α-hetero) is 1. The number of carbonyl (C=O) groups excluding carboxylic acids is 1. The standard InChI is InChI=1S/C12H10Br2O3/c13-8-5-7-9(10(8)15)6-1-2-11(7,14)12(6)16-3-4-17-12/h1-2,5-7,9H,3-4H2/t6-,7-,9+,11+/m0/s1. The fourth-order valence-electron chi connectivity index (χ4n) is 3.72. The number of ether oxygens (including phenoxy) is 2. The molecule has 90 valence electrons. The second-order valence-corrected chi connectivity index (χ2v) is 7.11. The summed E-state index contributed by atoms with van der Waals surface area (Å²) in [6.07, 6.45) is 6.16. The summed E-state index contributed by atoms with van der Waals surface area (Å²) in [6.45, 7) is 1.20. The minimum absolute atomic E-state index is 0.0215. The first-order valence-electron chi connectivity index (χ1n) is 5.68. The number of halogens is 2. The number of rotatable bonds is 0. The van der Waals surface area contributed by atoms with Crippen LogP contribution in [0.5, 0.6) is 0 Å². The third kappa shape index (κ3) is 1.01. The molecule has 0 amide bonds. The fourth-order valence-corrected chi connectivity index (χ4v) is 5.33. The molecule has 5 heteroatoms.